The largest absolute Gasteiger partial charge is 0.481 e. The van der Waals surface area contributed by atoms with Crippen LogP contribution in [0.5, 0.6) is 5.75 Å². The van der Waals surface area contributed by atoms with Gasteiger partial charge in [-0.1, -0.05) is 18.2 Å². The van der Waals surface area contributed by atoms with Crippen molar-refractivity contribution in [3.63, 3.8) is 0 Å². The predicted octanol–water partition coefficient (Wildman–Crippen LogP) is 2.63. The second-order valence-corrected chi connectivity index (χ2v) is 4.05. The van der Waals surface area contributed by atoms with Gasteiger partial charge in [-0.05, 0) is 38.8 Å². The third-order valence-corrected chi connectivity index (χ3v) is 2.11. The van der Waals surface area contributed by atoms with Crippen LogP contribution in [0.25, 0.3) is 0 Å². The number of hydrogen-bond donors (Lipinski definition) is 0. The normalized spacial score (nSPS) is 10.3. The van der Waals surface area contributed by atoms with E-state index in [-0.39, 0.29) is 18.7 Å². The Morgan fingerprint density at radius 3 is 2.31 bits per heavy atom. The van der Waals surface area contributed by atoms with Gasteiger partial charge in [0.25, 0.3) is 0 Å². The molecule has 0 heterocycles. The van der Waals surface area contributed by atoms with Crippen LogP contribution in [0.3, 0.4) is 0 Å². The minimum Gasteiger partial charge on any atom is -0.481 e. The zero-order valence-electron chi connectivity index (χ0n) is 10.2. The van der Waals surface area contributed by atoms with Crippen molar-refractivity contribution >= 4 is 5.97 Å². The van der Waals surface area contributed by atoms with E-state index in [0.29, 0.717) is 0 Å². The molecule has 1 rings (SSSR count). The topological polar surface area (TPSA) is 35.5 Å². The van der Waals surface area contributed by atoms with Crippen LogP contribution in [0.15, 0.2) is 18.2 Å². The van der Waals surface area contributed by atoms with E-state index in [0.717, 1.165) is 16.9 Å². The highest BCUT2D eigenvalue weighted by Gasteiger charge is 2.09. The van der Waals surface area contributed by atoms with Crippen molar-refractivity contribution in [3.05, 3.63) is 29.3 Å². The van der Waals surface area contributed by atoms with Gasteiger partial charge in [-0.15, -0.1) is 0 Å². The summed E-state index contributed by atoms with van der Waals surface area (Å²) in [4.78, 5) is 11.3. The van der Waals surface area contributed by atoms with Crippen molar-refractivity contribution in [1.82, 2.24) is 0 Å². The highest BCUT2D eigenvalue weighted by atomic mass is 16.6. The molecule has 0 aliphatic rings. The number of rotatable bonds is 4. The zero-order valence-corrected chi connectivity index (χ0v) is 10.2. The van der Waals surface area contributed by atoms with E-state index in [1.165, 1.54) is 0 Å². The van der Waals surface area contributed by atoms with E-state index in [2.05, 4.69) is 0 Å². The molecule has 0 fully saturated rings. The van der Waals surface area contributed by atoms with Gasteiger partial charge in [0.15, 0.2) is 6.61 Å². The first-order valence-corrected chi connectivity index (χ1v) is 5.39. The molecule has 1 aromatic rings. The lowest BCUT2D eigenvalue weighted by atomic mass is 10.1. The first-order chi connectivity index (χ1) is 7.50. The Kier molecular flexibility index (Phi) is 4.35. The molecule has 88 valence electrons. The van der Waals surface area contributed by atoms with E-state index in [1.54, 1.807) is 0 Å². The van der Waals surface area contributed by atoms with Crippen molar-refractivity contribution in [2.24, 2.45) is 0 Å². The Morgan fingerprint density at radius 1 is 1.25 bits per heavy atom. The maximum absolute atomic E-state index is 11.3. The lowest BCUT2D eigenvalue weighted by molar-refractivity contribution is -0.149. The fraction of sp³-hybridized carbons (Fsp3) is 0.462. The molecule has 0 unspecified atom stereocenters. The number of esters is 1. The second-order valence-electron chi connectivity index (χ2n) is 4.05. The van der Waals surface area contributed by atoms with Crippen LogP contribution >= 0.6 is 0 Å². The van der Waals surface area contributed by atoms with E-state index < -0.39 is 0 Å². The van der Waals surface area contributed by atoms with Crippen LogP contribution in [0.2, 0.25) is 0 Å². The molecule has 0 spiro atoms. The zero-order chi connectivity index (χ0) is 12.1. The van der Waals surface area contributed by atoms with Crippen molar-refractivity contribution in [1.29, 1.82) is 0 Å². The molecular weight excluding hydrogens is 204 g/mol. The number of para-hydroxylation sites is 1. The average molecular weight is 222 g/mol. The lowest BCUT2D eigenvalue weighted by Gasteiger charge is -2.12. The molecule has 16 heavy (non-hydrogen) atoms. The van der Waals surface area contributed by atoms with Gasteiger partial charge in [-0.3, -0.25) is 0 Å². The Hall–Kier alpha value is -1.51. The van der Waals surface area contributed by atoms with Crippen molar-refractivity contribution in [2.75, 3.05) is 6.61 Å². The second kappa shape index (κ2) is 5.54. The van der Waals surface area contributed by atoms with E-state index in [9.17, 15) is 4.79 Å². The highest BCUT2D eigenvalue weighted by molar-refractivity contribution is 5.71. The molecule has 0 atom stereocenters. The molecule has 0 aliphatic heterocycles. The maximum atomic E-state index is 11.3. The van der Waals surface area contributed by atoms with E-state index >= 15 is 0 Å². The van der Waals surface area contributed by atoms with Crippen LogP contribution in [0, 0.1) is 13.8 Å². The van der Waals surface area contributed by atoms with Gasteiger partial charge >= 0.3 is 5.97 Å². The molecule has 3 nitrogen and oxygen atoms in total. The average Bonchev–Trinajstić information content (AvgIpc) is 2.15. The number of carbonyl (C=O) groups is 1. The summed E-state index contributed by atoms with van der Waals surface area (Å²) in [7, 11) is 0. The molecular formula is C13H18O3. The van der Waals surface area contributed by atoms with Gasteiger partial charge in [0.05, 0.1) is 6.10 Å². The standard InChI is InChI=1S/C13H18O3/c1-9(2)16-12(14)8-15-13-10(3)6-5-7-11(13)4/h5-7,9H,8H2,1-4H3. The van der Waals surface area contributed by atoms with Crippen LogP contribution in [-0.2, 0) is 9.53 Å². The van der Waals surface area contributed by atoms with Crippen LogP contribution in [0.4, 0.5) is 0 Å². The molecule has 0 bridgehead atoms. The van der Waals surface area contributed by atoms with Gasteiger partial charge in [0.1, 0.15) is 5.75 Å². The molecule has 0 aliphatic carbocycles. The van der Waals surface area contributed by atoms with Crippen LogP contribution in [0.1, 0.15) is 25.0 Å². The number of aryl methyl sites for hydroxylation is 2. The molecule has 0 amide bonds. The summed E-state index contributed by atoms with van der Waals surface area (Å²) in [5.74, 6) is 0.431. The number of benzene rings is 1. The molecule has 0 N–H and O–H groups in total. The SMILES string of the molecule is Cc1cccc(C)c1OCC(=O)OC(C)C. The third-order valence-electron chi connectivity index (χ3n) is 2.11. The molecule has 0 saturated heterocycles. The van der Waals surface area contributed by atoms with Crippen molar-refractivity contribution in [3.8, 4) is 5.75 Å². The van der Waals surface area contributed by atoms with Crippen molar-refractivity contribution < 1.29 is 14.3 Å². The molecule has 0 radical (unpaired) electrons. The quantitative estimate of drug-likeness (QED) is 0.735. The number of hydrogen-bond acceptors (Lipinski definition) is 3. The van der Waals surface area contributed by atoms with Gasteiger partial charge in [-0.25, -0.2) is 4.79 Å². The Balaban J connectivity index is 2.58. The van der Waals surface area contributed by atoms with Gasteiger partial charge < -0.3 is 9.47 Å². The fourth-order valence-corrected chi connectivity index (χ4v) is 1.45. The molecule has 0 saturated carbocycles. The monoisotopic (exact) mass is 222 g/mol. The maximum Gasteiger partial charge on any atom is 0.344 e. The smallest absolute Gasteiger partial charge is 0.344 e. The number of ether oxygens (including phenoxy) is 2. The first kappa shape index (κ1) is 12.6. The summed E-state index contributed by atoms with van der Waals surface area (Å²) < 4.78 is 10.4. The Bertz CT molecular complexity index is 349. The summed E-state index contributed by atoms with van der Waals surface area (Å²) in [6.45, 7) is 7.50. The summed E-state index contributed by atoms with van der Waals surface area (Å²) in [5.41, 5.74) is 2.05. The van der Waals surface area contributed by atoms with E-state index in [1.807, 2.05) is 45.9 Å². The minimum absolute atomic E-state index is 0.0378. The minimum atomic E-state index is -0.336. The summed E-state index contributed by atoms with van der Waals surface area (Å²) in [5, 5.41) is 0. The van der Waals surface area contributed by atoms with Gasteiger partial charge in [-0.2, -0.15) is 0 Å². The van der Waals surface area contributed by atoms with Gasteiger partial charge in [0, 0.05) is 0 Å². The van der Waals surface area contributed by atoms with E-state index in [4.69, 9.17) is 9.47 Å². The molecule has 1 aromatic carbocycles. The summed E-state index contributed by atoms with van der Waals surface area (Å²) in [6.07, 6.45) is -0.103. The summed E-state index contributed by atoms with van der Waals surface area (Å²) >= 11 is 0. The molecule has 0 aromatic heterocycles. The summed E-state index contributed by atoms with van der Waals surface area (Å²) in [6, 6.07) is 5.87. The Morgan fingerprint density at radius 2 is 1.81 bits per heavy atom. The highest BCUT2D eigenvalue weighted by Crippen LogP contribution is 2.22. The lowest BCUT2D eigenvalue weighted by Crippen LogP contribution is -2.19. The third kappa shape index (κ3) is 3.57. The van der Waals surface area contributed by atoms with Crippen molar-refractivity contribution in [2.45, 2.75) is 33.8 Å². The first-order valence-electron chi connectivity index (χ1n) is 5.39. The fourth-order valence-electron chi connectivity index (χ4n) is 1.45. The van der Waals surface area contributed by atoms with Gasteiger partial charge in [0.2, 0.25) is 0 Å². The Labute approximate surface area is 96.4 Å². The molecule has 3 heteroatoms. The predicted molar refractivity (Wildman–Crippen MR) is 62.6 cm³/mol. The van der Waals surface area contributed by atoms with Crippen LogP contribution < -0.4 is 4.74 Å². The number of carbonyl (C=O) groups excluding carboxylic acids is 1. The van der Waals surface area contributed by atoms with Crippen LogP contribution in [-0.4, -0.2) is 18.7 Å².